The number of carbonyl (C=O) groups is 2. The van der Waals surface area contributed by atoms with Crippen LogP contribution < -0.4 is 5.32 Å². The van der Waals surface area contributed by atoms with Gasteiger partial charge < -0.3 is 19.7 Å². The molecular weight excluding hydrogens is 248 g/mol. The maximum absolute atomic E-state index is 12.3. The highest BCUT2D eigenvalue weighted by molar-refractivity contribution is 5.86. The lowest BCUT2D eigenvalue weighted by molar-refractivity contribution is -0.142. The van der Waals surface area contributed by atoms with Crippen molar-refractivity contribution in [3.63, 3.8) is 0 Å². The molecule has 1 aliphatic rings. The van der Waals surface area contributed by atoms with Crippen molar-refractivity contribution in [3.05, 3.63) is 24.2 Å². The molecule has 6 heteroatoms. The smallest absolute Gasteiger partial charge is 0.305 e. The van der Waals surface area contributed by atoms with Crippen molar-refractivity contribution in [2.75, 3.05) is 13.1 Å². The molecule has 2 unspecified atom stereocenters. The van der Waals surface area contributed by atoms with Crippen LogP contribution in [0.5, 0.6) is 0 Å². The average Bonchev–Trinajstić information content (AvgIpc) is 2.81. The number of nitrogens with zero attached hydrogens (tertiary/aromatic N) is 1. The van der Waals surface area contributed by atoms with Crippen LogP contribution >= 0.6 is 0 Å². The summed E-state index contributed by atoms with van der Waals surface area (Å²) in [7, 11) is 0. The SMILES string of the molecule is CC1CNC(CC(=O)O)C(=O)N(Cc2ccco2)C1. The van der Waals surface area contributed by atoms with E-state index in [-0.39, 0.29) is 18.2 Å². The second-order valence-electron chi connectivity index (χ2n) is 4.96. The van der Waals surface area contributed by atoms with E-state index >= 15 is 0 Å². The fourth-order valence-electron chi connectivity index (χ4n) is 2.25. The number of hydrogen-bond donors (Lipinski definition) is 2. The van der Waals surface area contributed by atoms with E-state index in [0.717, 1.165) is 0 Å². The van der Waals surface area contributed by atoms with Gasteiger partial charge in [0.25, 0.3) is 0 Å². The highest BCUT2D eigenvalue weighted by atomic mass is 16.4. The molecule has 1 aliphatic heterocycles. The zero-order valence-corrected chi connectivity index (χ0v) is 10.8. The van der Waals surface area contributed by atoms with E-state index in [1.165, 1.54) is 0 Å². The van der Waals surface area contributed by atoms with Crippen LogP contribution in [0.15, 0.2) is 22.8 Å². The molecule has 0 aromatic carbocycles. The van der Waals surface area contributed by atoms with E-state index in [1.54, 1.807) is 17.2 Å². The van der Waals surface area contributed by atoms with E-state index < -0.39 is 12.0 Å². The van der Waals surface area contributed by atoms with E-state index in [9.17, 15) is 9.59 Å². The minimum atomic E-state index is -0.974. The molecule has 2 heterocycles. The van der Waals surface area contributed by atoms with Gasteiger partial charge in [0.15, 0.2) is 0 Å². The zero-order valence-electron chi connectivity index (χ0n) is 10.8. The molecule has 1 aromatic rings. The van der Waals surface area contributed by atoms with Gasteiger partial charge in [0, 0.05) is 13.1 Å². The Morgan fingerprint density at radius 3 is 3.05 bits per heavy atom. The molecule has 19 heavy (non-hydrogen) atoms. The number of aliphatic carboxylic acids is 1. The Kier molecular flexibility index (Phi) is 4.21. The van der Waals surface area contributed by atoms with E-state index in [0.29, 0.717) is 25.4 Å². The fourth-order valence-corrected chi connectivity index (χ4v) is 2.25. The van der Waals surface area contributed by atoms with Gasteiger partial charge in [0.1, 0.15) is 5.76 Å². The number of rotatable bonds is 4. The Morgan fingerprint density at radius 1 is 1.63 bits per heavy atom. The van der Waals surface area contributed by atoms with Crippen molar-refractivity contribution in [1.82, 2.24) is 10.2 Å². The number of hydrogen-bond acceptors (Lipinski definition) is 4. The first-order chi connectivity index (χ1) is 9.06. The second-order valence-corrected chi connectivity index (χ2v) is 4.96. The van der Waals surface area contributed by atoms with Gasteiger partial charge in [-0.15, -0.1) is 0 Å². The van der Waals surface area contributed by atoms with Crippen LogP contribution in [-0.4, -0.2) is 41.0 Å². The van der Waals surface area contributed by atoms with Crippen molar-refractivity contribution in [2.24, 2.45) is 5.92 Å². The van der Waals surface area contributed by atoms with Crippen LogP contribution in [0.2, 0.25) is 0 Å². The number of amides is 1. The largest absolute Gasteiger partial charge is 0.481 e. The van der Waals surface area contributed by atoms with Crippen LogP contribution in [0, 0.1) is 5.92 Å². The fraction of sp³-hybridized carbons (Fsp3) is 0.538. The number of nitrogens with one attached hydrogen (secondary N) is 1. The van der Waals surface area contributed by atoms with Crippen LogP contribution in [0.25, 0.3) is 0 Å². The number of carboxylic acids is 1. The molecule has 0 spiro atoms. The van der Waals surface area contributed by atoms with Crippen molar-refractivity contribution in [1.29, 1.82) is 0 Å². The molecule has 0 aliphatic carbocycles. The lowest BCUT2D eigenvalue weighted by Crippen LogP contribution is -2.44. The Labute approximate surface area is 111 Å². The quantitative estimate of drug-likeness (QED) is 0.838. The van der Waals surface area contributed by atoms with Crippen LogP contribution in [-0.2, 0) is 16.1 Å². The Balaban J connectivity index is 2.10. The summed E-state index contributed by atoms with van der Waals surface area (Å²) in [6.45, 7) is 3.65. The monoisotopic (exact) mass is 266 g/mol. The molecule has 1 saturated heterocycles. The van der Waals surface area contributed by atoms with Crippen molar-refractivity contribution in [3.8, 4) is 0 Å². The Morgan fingerprint density at radius 2 is 2.42 bits per heavy atom. The van der Waals surface area contributed by atoms with Crippen LogP contribution in [0.3, 0.4) is 0 Å². The van der Waals surface area contributed by atoms with Gasteiger partial charge in [-0.2, -0.15) is 0 Å². The Hall–Kier alpha value is -1.82. The molecule has 0 bridgehead atoms. The van der Waals surface area contributed by atoms with E-state index in [1.807, 2.05) is 13.0 Å². The van der Waals surface area contributed by atoms with Gasteiger partial charge in [-0.1, -0.05) is 6.92 Å². The van der Waals surface area contributed by atoms with Gasteiger partial charge in [0.05, 0.1) is 25.3 Å². The van der Waals surface area contributed by atoms with E-state index in [2.05, 4.69) is 5.32 Å². The van der Waals surface area contributed by atoms with Gasteiger partial charge in [-0.25, -0.2) is 0 Å². The van der Waals surface area contributed by atoms with Crippen molar-refractivity contribution in [2.45, 2.75) is 25.9 Å². The van der Waals surface area contributed by atoms with Crippen LogP contribution in [0.1, 0.15) is 19.1 Å². The molecular formula is C13H18N2O4. The van der Waals surface area contributed by atoms with Gasteiger partial charge in [0.2, 0.25) is 5.91 Å². The highest BCUT2D eigenvalue weighted by Crippen LogP contribution is 2.14. The third kappa shape index (κ3) is 3.57. The molecule has 2 N–H and O–H groups in total. The molecule has 1 fully saturated rings. The molecule has 0 radical (unpaired) electrons. The lowest BCUT2D eigenvalue weighted by Gasteiger charge is -2.23. The third-order valence-electron chi connectivity index (χ3n) is 3.16. The second kappa shape index (κ2) is 5.88. The minimum Gasteiger partial charge on any atom is -0.481 e. The molecule has 2 rings (SSSR count). The zero-order chi connectivity index (χ0) is 13.8. The topological polar surface area (TPSA) is 82.8 Å². The molecule has 1 aromatic heterocycles. The summed E-state index contributed by atoms with van der Waals surface area (Å²) >= 11 is 0. The molecule has 1 amide bonds. The number of carboxylic acid groups (broad SMARTS) is 1. The maximum atomic E-state index is 12.3. The van der Waals surface area contributed by atoms with Crippen LogP contribution in [0.4, 0.5) is 0 Å². The summed E-state index contributed by atoms with van der Waals surface area (Å²) in [5.41, 5.74) is 0. The first-order valence-corrected chi connectivity index (χ1v) is 6.32. The molecule has 0 saturated carbocycles. The average molecular weight is 266 g/mol. The van der Waals surface area contributed by atoms with Crippen molar-refractivity contribution < 1.29 is 19.1 Å². The van der Waals surface area contributed by atoms with Gasteiger partial charge >= 0.3 is 5.97 Å². The molecule has 6 nitrogen and oxygen atoms in total. The first-order valence-electron chi connectivity index (χ1n) is 6.32. The summed E-state index contributed by atoms with van der Waals surface area (Å²) in [6.07, 6.45) is 1.37. The lowest BCUT2D eigenvalue weighted by atomic mass is 10.2. The predicted molar refractivity (Wildman–Crippen MR) is 67.3 cm³/mol. The standard InChI is InChI=1S/C13H18N2O4/c1-9-6-14-11(5-12(16)17)13(18)15(7-9)8-10-3-2-4-19-10/h2-4,9,11,14H,5-8H2,1H3,(H,16,17). The summed E-state index contributed by atoms with van der Waals surface area (Å²) in [6, 6.07) is 2.92. The number of furan rings is 1. The third-order valence-corrected chi connectivity index (χ3v) is 3.16. The summed E-state index contributed by atoms with van der Waals surface area (Å²) in [4.78, 5) is 24.8. The first kappa shape index (κ1) is 13.6. The molecule has 104 valence electrons. The van der Waals surface area contributed by atoms with Gasteiger partial charge in [-0.3, -0.25) is 9.59 Å². The normalized spacial score (nSPS) is 24.3. The summed E-state index contributed by atoms with van der Waals surface area (Å²) in [5.74, 6) is -0.171. The minimum absolute atomic E-state index is 0.178. The summed E-state index contributed by atoms with van der Waals surface area (Å²) < 4.78 is 5.25. The van der Waals surface area contributed by atoms with Gasteiger partial charge in [-0.05, 0) is 18.1 Å². The van der Waals surface area contributed by atoms with E-state index in [4.69, 9.17) is 9.52 Å². The molecule has 2 atom stereocenters. The highest BCUT2D eigenvalue weighted by Gasteiger charge is 2.31. The maximum Gasteiger partial charge on any atom is 0.305 e. The predicted octanol–water partition coefficient (Wildman–Crippen LogP) is 0.691. The number of carbonyl (C=O) groups excluding carboxylic acids is 1. The van der Waals surface area contributed by atoms with Crippen molar-refractivity contribution >= 4 is 11.9 Å². The summed E-state index contributed by atoms with van der Waals surface area (Å²) in [5, 5.41) is 11.9. The Bertz CT molecular complexity index is 444.